The Bertz CT molecular complexity index is 479. The van der Waals surface area contributed by atoms with Crippen LogP contribution in [0.5, 0.6) is 11.5 Å². The molecule has 0 saturated carbocycles. The highest BCUT2D eigenvalue weighted by Gasteiger charge is 2.57. The Labute approximate surface area is 96.4 Å². The Balaban J connectivity index is 2.43. The lowest BCUT2D eigenvalue weighted by molar-refractivity contribution is -0.194. The number of carboxylic acid groups (broad SMARTS) is 2. The monoisotopic (exact) mass is 238 g/mol. The van der Waals surface area contributed by atoms with Crippen molar-refractivity contribution in [1.29, 1.82) is 0 Å². The predicted octanol–water partition coefficient (Wildman–Crippen LogP) is 0.886. The topological polar surface area (TPSA) is 93.1 Å². The van der Waals surface area contributed by atoms with Gasteiger partial charge in [0.05, 0.1) is 0 Å². The highest BCUT2D eigenvalue weighted by Crippen LogP contribution is 2.40. The minimum atomic E-state index is -2.67. The van der Waals surface area contributed by atoms with E-state index in [0.29, 0.717) is 0 Å². The Hall–Kier alpha value is -2.24. The van der Waals surface area contributed by atoms with Crippen molar-refractivity contribution in [2.24, 2.45) is 0 Å². The van der Waals surface area contributed by atoms with Gasteiger partial charge in [0, 0.05) is 0 Å². The van der Waals surface area contributed by atoms with Gasteiger partial charge in [-0.3, -0.25) is 0 Å². The average molecular weight is 238 g/mol. The molecule has 0 aliphatic carbocycles. The second kappa shape index (κ2) is 3.65. The van der Waals surface area contributed by atoms with Crippen LogP contribution in [0.2, 0.25) is 0 Å². The first-order valence-electron chi connectivity index (χ1n) is 4.97. The number of hydrogen-bond donors (Lipinski definition) is 2. The molecule has 0 unspecified atom stereocenters. The lowest BCUT2D eigenvalue weighted by Gasteiger charge is -2.16. The summed E-state index contributed by atoms with van der Waals surface area (Å²) in [6.45, 7) is 1.92. The zero-order valence-electron chi connectivity index (χ0n) is 8.97. The number of benzene rings is 1. The molecular weight excluding hydrogens is 228 g/mol. The fourth-order valence-electron chi connectivity index (χ4n) is 1.53. The van der Waals surface area contributed by atoms with Gasteiger partial charge in [-0.25, -0.2) is 9.59 Å². The lowest BCUT2D eigenvalue weighted by Crippen LogP contribution is -2.54. The third-order valence-corrected chi connectivity index (χ3v) is 2.49. The minimum Gasteiger partial charge on any atom is -0.475 e. The summed E-state index contributed by atoms with van der Waals surface area (Å²) < 4.78 is 9.83. The van der Waals surface area contributed by atoms with Crippen LogP contribution >= 0.6 is 0 Å². The quantitative estimate of drug-likeness (QED) is 0.759. The van der Waals surface area contributed by atoms with E-state index in [1.807, 2.05) is 6.92 Å². The summed E-state index contributed by atoms with van der Waals surface area (Å²) in [6.07, 6.45) is 0.726. The van der Waals surface area contributed by atoms with Crippen LogP contribution < -0.4 is 9.47 Å². The van der Waals surface area contributed by atoms with Gasteiger partial charge >= 0.3 is 17.7 Å². The number of carbonyl (C=O) groups is 2. The van der Waals surface area contributed by atoms with E-state index in [9.17, 15) is 9.59 Å². The molecule has 2 rings (SSSR count). The molecule has 1 aliphatic heterocycles. The van der Waals surface area contributed by atoms with Gasteiger partial charge in [0.25, 0.3) is 0 Å². The minimum absolute atomic E-state index is 0.118. The molecule has 90 valence electrons. The number of ether oxygens (including phenoxy) is 2. The number of rotatable bonds is 3. The van der Waals surface area contributed by atoms with Gasteiger partial charge < -0.3 is 19.7 Å². The van der Waals surface area contributed by atoms with E-state index in [4.69, 9.17) is 19.7 Å². The zero-order valence-corrected chi connectivity index (χ0v) is 8.97. The first-order chi connectivity index (χ1) is 7.99. The number of carboxylic acids is 2. The molecule has 17 heavy (non-hydrogen) atoms. The van der Waals surface area contributed by atoms with E-state index in [1.54, 1.807) is 12.1 Å². The molecule has 0 radical (unpaired) electrons. The standard InChI is InChI=1S/C11H10O6/c1-2-6-3-4-7-8(5-6)17-11(16-7,9(12)13)10(14)15/h3-5H,2H2,1H3,(H,12,13)(H,14,15). The average Bonchev–Trinajstić information content (AvgIpc) is 2.68. The summed E-state index contributed by atoms with van der Waals surface area (Å²) in [4.78, 5) is 21.9. The zero-order chi connectivity index (χ0) is 12.6. The van der Waals surface area contributed by atoms with Gasteiger partial charge in [0.15, 0.2) is 11.5 Å². The first kappa shape index (κ1) is 11.3. The molecular formula is C11H10O6. The summed E-state index contributed by atoms with van der Waals surface area (Å²) in [6, 6.07) is 4.80. The van der Waals surface area contributed by atoms with Crippen molar-refractivity contribution in [1.82, 2.24) is 0 Å². The van der Waals surface area contributed by atoms with Crippen LogP contribution in [0.15, 0.2) is 18.2 Å². The van der Waals surface area contributed by atoms with Crippen LogP contribution in [0.3, 0.4) is 0 Å². The Morgan fingerprint density at radius 1 is 1.18 bits per heavy atom. The first-order valence-corrected chi connectivity index (χ1v) is 4.97. The van der Waals surface area contributed by atoms with Crippen molar-refractivity contribution in [3.63, 3.8) is 0 Å². The summed E-state index contributed by atoms with van der Waals surface area (Å²) in [5.41, 5.74) is 0.902. The van der Waals surface area contributed by atoms with Gasteiger partial charge in [-0.15, -0.1) is 0 Å². The van der Waals surface area contributed by atoms with Crippen LogP contribution in [0.25, 0.3) is 0 Å². The predicted molar refractivity (Wildman–Crippen MR) is 55.1 cm³/mol. The van der Waals surface area contributed by atoms with Crippen LogP contribution in [-0.4, -0.2) is 27.9 Å². The fraction of sp³-hybridized carbons (Fsp3) is 0.273. The molecule has 1 aromatic rings. The largest absolute Gasteiger partial charge is 0.475 e. The van der Waals surface area contributed by atoms with E-state index >= 15 is 0 Å². The maximum absolute atomic E-state index is 11.0. The summed E-state index contributed by atoms with van der Waals surface area (Å²) in [5.74, 6) is -5.81. The van der Waals surface area contributed by atoms with E-state index in [1.165, 1.54) is 6.07 Å². The summed E-state index contributed by atoms with van der Waals surface area (Å²) in [5, 5.41) is 17.8. The molecule has 0 fully saturated rings. The molecule has 1 aliphatic rings. The van der Waals surface area contributed by atoms with Crippen molar-refractivity contribution >= 4 is 11.9 Å². The van der Waals surface area contributed by atoms with E-state index in [-0.39, 0.29) is 11.5 Å². The van der Waals surface area contributed by atoms with Crippen molar-refractivity contribution in [2.45, 2.75) is 19.1 Å². The number of aliphatic carboxylic acids is 2. The molecule has 1 aromatic carbocycles. The van der Waals surface area contributed by atoms with Gasteiger partial charge in [-0.1, -0.05) is 13.0 Å². The van der Waals surface area contributed by atoms with Crippen LogP contribution in [0, 0.1) is 0 Å². The van der Waals surface area contributed by atoms with E-state index in [0.717, 1.165) is 12.0 Å². The van der Waals surface area contributed by atoms with Gasteiger partial charge in [0.2, 0.25) is 0 Å². The molecule has 0 saturated heterocycles. The smallest absolute Gasteiger partial charge is 0.453 e. The number of hydrogen-bond acceptors (Lipinski definition) is 4. The van der Waals surface area contributed by atoms with Crippen molar-refractivity contribution < 1.29 is 29.3 Å². The second-order valence-corrected chi connectivity index (χ2v) is 3.57. The molecule has 0 atom stereocenters. The van der Waals surface area contributed by atoms with Crippen molar-refractivity contribution in [3.8, 4) is 11.5 Å². The Morgan fingerprint density at radius 2 is 1.76 bits per heavy atom. The van der Waals surface area contributed by atoms with E-state index < -0.39 is 17.7 Å². The molecule has 6 heteroatoms. The van der Waals surface area contributed by atoms with Crippen LogP contribution in [0.1, 0.15) is 12.5 Å². The summed E-state index contributed by atoms with van der Waals surface area (Å²) >= 11 is 0. The second-order valence-electron chi connectivity index (χ2n) is 3.57. The Kier molecular flexibility index (Phi) is 2.42. The highest BCUT2D eigenvalue weighted by atomic mass is 16.8. The maximum Gasteiger partial charge on any atom is 0.453 e. The van der Waals surface area contributed by atoms with Crippen molar-refractivity contribution in [2.75, 3.05) is 0 Å². The third kappa shape index (κ3) is 1.57. The molecule has 2 N–H and O–H groups in total. The normalized spacial score (nSPS) is 15.6. The number of fused-ring (bicyclic) bond motifs is 1. The lowest BCUT2D eigenvalue weighted by atomic mass is 10.1. The van der Waals surface area contributed by atoms with Gasteiger partial charge in [-0.2, -0.15) is 0 Å². The molecule has 0 bridgehead atoms. The Morgan fingerprint density at radius 3 is 2.29 bits per heavy atom. The number of aryl methyl sites for hydroxylation is 1. The molecule has 6 nitrogen and oxygen atoms in total. The molecule has 0 amide bonds. The van der Waals surface area contributed by atoms with Crippen LogP contribution in [0.4, 0.5) is 0 Å². The van der Waals surface area contributed by atoms with Crippen molar-refractivity contribution in [3.05, 3.63) is 23.8 Å². The molecule has 0 aromatic heterocycles. The highest BCUT2D eigenvalue weighted by molar-refractivity contribution is 6.01. The molecule has 0 spiro atoms. The molecule has 1 heterocycles. The fourth-order valence-corrected chi connectivity index (χ4v) is 1.53. The van der Waals surface area contributed by atoms with Gasteiger partial charge in [0.1, 0.15) is 0 Å². The SMILES string of the molecule is CCc1ccc2c(c1)OC(C(=O)O)(C(=O)O)O2. The summed E-state index contributed by atoms with van der Waals surface area (Å²) in [7, 11) is 0. The third-order valence-electron chi connectivity index (χ3n) is 2.49. The maximum atomic E-state index is 11.0. The van der Waals surface area contributed by atoms with E-state index in [2.05, 4.69) is 0 Å². The van der Waals surface area contributed by atoms with Crippen LogP contribution in [-0.2, 0) is 16.0 Å². The van der Waals surface area contributed by atoms with Gasteiger partial charge in [-0.05, 0) is 24.1 Å².